The zero-order valence-electron chi connectivity index (χ0n) is 11.5. The zero-order valence-corrected chi connectivity index (χ0v) is 12.2. The summed E-state index contributed by atoms with van der Waals surface area (Å²) in [5, 5.41) is 4.86. The highest BCUT2D eigenvalue weighted by atomic mass is 35.5. The van der Waals surface area contributed by atoms with Crippen molar-refractivity contribution >= 4 is 28.2 Å². The van der Waals surface area contributed by atoms with E-state index in [9.17, 15) is 4.39 Å². The molecule has 1 unspecified atom stereocenters. The van der Waals surface area contributed by atoms with Gasteiger partial charge in [-0.3, -0.25) is 4.98 Å². The summed E-state index contributed by atoms with van der Waals surface area (Å²) in [6.07, 6.45) is 1.71. The van der Waals surface area contributed by atoms with Crippen molar-refractivity contribution in [2.75, 3.05) is 5.32 Å². The standard InChI is InChI=1S/C17H14ClFN2/c1-11(12-5-2-3-7-15(12)19)21-16-9-8-14(18)17-13(16)6-4-10-20-17/h2-11,21H,1H3. The Hall–Kier alpha value is -2.13. The van der Waals surface area contributed by atoms with Crippen LogP contribution in [0.5, 0.6) is 0 Å². The van der Waals surface area contributed by atoms with Gasteiger partial charge in [-0.25, -0.2) is 4.39 Å². The third-order valence-corrected chi connectivity index (χ3v) is 3.77. The summed E-state index contributed by atoms with van der Waals surface area (Å²) in [5.74, 6) is -0.214. The second-order valence-corrected chi connectivity index (χ2v) is 5.29. The normalized spacial score (nSPS) is 12.3. The average molecular weight is 301 g/mol. The van der Waals surface area contributed by atoms with Crippen LogP contribution in [-0.4, -0.2) is 4.98 Å². The van der Waals surface area contributed by atoms with Crippen LogP contribution in [0.25, 0.3) is 10.9 Å². The molecule has 0 saturated carbocycles. The minimum Gasteiger partial charge on any atom is -0.378 e. The second-order valence-electron chi connectivity index (χ2n) is 4.88. The Morgan fingerprint density at radius 1 is 1.10 bits per heavy atom. The van der Waals surface area contributed by atoms with Crippen molar-refractivity contribution in [3.63, 3.8) is 0 Å². The van der Waals surface area contributed by atoms with Crippen LogP contribution in [0.2, 0.25) is 5.02 Å². The van der Waals surface area contributed by atoms with Crippen molar-refractivity contribution in [3.8, 4) is 0 Å². The molecule has 3 rings (SSSR count). The number of halogens is 2. The Balaban J connectivity index is 1.99. The smallest absolute Gasteiger partial charge is 0.128 e. The third-order valence-electron chi connectivity index (χ3n) is 3.46. The van der Waals surface area contributed by atoms with Crippen LogP contribution in [0.15, 0.2) is 54.7 Å². The molecule has 2 aromatic carbocycles. The van der Waals surface area contributed by atoms with Gasteiger partial charge in [0, 0.05) is 22.8 Å². The van der Waals surface area contributed by atoms with Crippen LogP contribution in [-0.2, 0) is 0 Å². The van der Waals surface area contributed by atoms with E-state index in [1.807, 2.05) is 31.2 Å². The first-order valence-corrected chi connectivity index (χ1v) is 7.09. The molecule has 0 radical (unpaired) electrons. The minimum absolute atomic E-state index is 0.157. The van der Waals surface area contributed by atoms with Crippen LogP contribution in [0.3, 0.4) is 0 Å². The molecule has 1 heterocycles. The van der Waals surface area contributed by atoms with E-state index in [1.54, 1.807) is 24.4 Å². The fourth-order valence-electron chi connectivity index (χ4n) is 2.40. The first-order chi connectivity index (χ1) is 10.2. The molecular formula is C17H14ClFN2. The third kappa shape index (κ3) is 2.69. The van der Waals surface area contributed by atoms with E-state index in [2.05, 4.69) is 10.3 Å². The predicted molar refractivity (Wildman–Crippen MR) is 85.2 cm³/mol. The molecule has 0 amide bonds. The second kappa shape index (κ2) is 5.70. The molecule has 0 spiro atoms. The lowest BCUT2D eigenvalue weighted by Gasteiger charge is -2.18. The number of hydrogen-bond acceptors (Lipinski definition) is 2. The molecule has 0 aliphatic carbocycles. The SMILES string of the molecule is CC(Nc1ccc(Cl)c2ncccc12)c1ccccc1F. The predicted octanol–water partition coefficient (Wildman–Crippen LogP) is 5.20. The van der Waals surface area contributed by atoms with Gasteiger partial charge in [0.1, 0.15) is 5.82 Å². The van der Waals surface area contributed by atoms with Crippen molar-refractivity contribution < 1.29 is 4.39 Å². The van der Waals surface area contributed by atoms with Crippen LogP contribution >= 0.6 is 11.6 Å². The van der Waals surface area contributed by atoms with E-state index in [0.29, 0.717) is 10.6 Å². The molecule has 0 aliphatic heterocycles. The Labute approximate surface area is 127 Å². The minimum atomic E-state index is -0.214. The fraction of sp³-hybridized carbons (Fsp3) is 0.118. The molecule has 0 bridgehead atoms. The number of rotatable bonds is 3. The fourth-order valence-corrected chi connectivity index (χ4v) is 2.61. The first kappa shape index (κ1) is 13.8. The van der Waals surface area contributed by atoms with Crippen molar-refractivity contribution in [2.24, 2.45) is 0 Å². The average Bonchev–Trinajstić information content (AvgIpc) is 2.51. The lowest BCUT2D eigenvalue weighted by atomic mass is 10.1. The van der Waals surface area contributed by atoms with E-state index in [0.717, 1.165) is 16.6 Å². The van der Waals surface area contributed by atoms with E-state index < -0.39 is 0 Å². The van der Waals surface area contributed by atoms with Crippen LogP contribution in [0.4, 0.5) is 10.1 Å². The van der Waals surface area contributed by atoms with Gasteiger partial charge in [0.05, 0.1) is 16.6 Å². The van der Waals surface area contributed by atoms with Gasteiger partial charge >= 0.3 is 0 Å². The summed E-state index contributed by atoms with van der Waals surface area (Å²) in [7, 11) is 0. The van der Waals surface area contributed by atoms with Crippen LogP contribution in [0.1, 0.15) is 18.5 Å². The van der Waals surface area contributed by atoms with E-state index in [-0.39, 0.29) is 11.9 Å². The lowest BCUT2D eigenvalue weighted by molar-refractivity contribution is 0.600. The van der Waals surface area contributed by atoms with Crippen molar-refractivity contribution in [1.29, 1.82) is 0 Å². The zero-order chi connectivity index (χ0) is 14.8. The summed E-state index contributed by atoms with van der Waals surface area (Å²) in [6, 6.07) is 14.1. The highest BCUT2D eigenvalue weighted by molar-refractivity contribution is 6.35. The number of pyridine rings is 1. The van der Waals surface area contributed by atoms with Gasteiger partial charge in [0.25, 0.3) is 0 Å². The molecule has 4 heteroatoms. The molecule has 1 N–H and O–H groups in total. The number of fused-ring (bicyclic) bond motifs is 1. The Bertz CT molecular complexity index is 789. The molecule has 0 fully saturated rings. The van der Waals surface area contributed by atoms with Gasteiger partial charge in [-0.15, -0.1) is 0 Å². The number of anilines is 1. The molecule has 0 saturated heterocycles. The highest BCUT2D eigenvalue weighted by Gasteiger charge is 2.12. The molecule has 106 valence electrons. The van der Waals surface area contributed by atoms with Crippen molar-refractivity contribution in [2.45, 2.75) is 13.0 Å². The summed E-state index contributed by atoms with van der Waals surface area (Å²) < 4.78 is 13.8. The maximum Gasteiger partial charge on any atom is 0.128 e. The number of hydrogen-bond donors (Lipinski definition) is 1. The van der Waals surface area contributed by atoms with Gasteiger partial charge in [0.15, 0.2) is 0 Å². The molecule has 3 aromatic rings. The number of benzene rings is 2. The molecular weight excluding hydrogens is 287 g/mol. The summed E-state index contributed by atoms with van der Waals surface area (Å²) in [5.41, 5.74) is 2.26. The topological polar surface area (TPSA) is 24.9 Å². The summed E-state index contributed by atoms with van der Waals surface area (Å²) in [6.45, 7) is 1.93. The molecule has 2 nitrogen and oxygen atoms in total. The van der Waals surface area contributed by atoms with E-state index in [1.165, 1.54) is 6.07 Å². The Kier molecular flexibility index (Phi) is 3.76. The quantitative estimate of drug-likeness (QED) is 0.719. The Morgan fingerprint density at radius 2 is 1.90 bits per heavy atom. The molecule has 1 aromatic heterocycles. The molecule has 21 heavy (non-hydrogen) atoms. The highest BCUT2D eigenvalue weighted by Crippen LogP contribution is 2.30. The van der Waals surface area contributed by atoms with Crippen molar-refractivity contribution in [3.05, 3.63) is 71.1 Å². The largest absolute Gasteiger partial charge is 0.378 e. The molecule has 1 atom stereocenters. The van der Waals surface area contributed by atoms with Gasteiger partial charge in [0.2, 0.25) is 0 Å². The lowest BCUT2D eigenvalue weighted by Crippen LogP contribution is -2.08. The monoisotopic (exact) mass is 300 g/mol. The summed E-state index contributed by atoms with van der Waals surface area (Å²) >= 11 is 6.16. The van der Waals surface area contributed by atoms with E-state index >= 15 is 0 Å². The van der Waals surface area contributed by atoms with Gasteiger partial charge in [-0.1, -0.05) is 29.8 Å². The van der Waals surface area contributed by atoms with Crippen molar-refractivity contribution in [1.82, 2.24) is 4.98 Å². The van der Waals surface area contributed by atoms with Gasteiger partial charge < -0.3 is 5.32 Å². The number of nitrogens with one attached hydrogen (secondary N) is 1. The molecule has 0 aliphatic rings. The summed E-state index contributed by atoms with van der Waals surface area (Å²) in [4.78, 5) is 4.29. The van der Waals surface area contributed by atoms with Gasteiger partial charge in [-0.2, -0.15) is 0 Å². The first-order valence-electron chi connectivity index (χ1n) is 6.71. The maximum absolute atomic E-state index is 13.8. The van der Waals surface area contributed by atoms with Gasteiger partial charge in [-0.05, 0) is 37.3 Å². The number of nitrogens with zero attached hydrogens (tertiary/aromatic N) is 1. The van der Waals surface area contributed by atoms with Crippen LogP contribution in [0, 0.1) is 5.82 Å². The van der Waals surface area contributed by atoms with Crippen LogP contribution < -0.4 is 5.32 Å². The Morgan fingerprint density at radius 3 is 2.71 bits per heavy atom. The van der Waals surface area contributed by atoms with E-state index in [4.69, 9.17) is 11.6 Å². The number of aromatic nitrogens is 1. The maximum atomic E-state index is 13.8.